The Kier molecular flexibility index (Phi) is 2.10. The van der Waals surface area contributed by atoms with Gasteiger partial charge in [0.2, 0.25) is 0 Å². The molecule has 1 saturated heterocycles. The van der Waals surface area contributed by atoms with Gasteiger partial charge in [0.25, 0.3) is 0 Å². The summed E-state index contributed by atoms with van der Waals surface area (Å²) in [4.78, 5) is 0. The molecule has 0 spiro atoms. The third-order valence-electron chi connectivity index (χ3n) is 2.12. The highest BCUT2D eigenvalue weighted by Crippen LogP contribution is 2.16. The van der Waals surface area contributed by atoms with Crippen LogP contribution in [0, 0.1) is 0 Å². The van der Waals surface area contributed by atoms with Crippen molar-refractivity contribution in [1.29, 1.82) is 0 Å². The highest BCUT2D eigenvalue weighted by molar-refractivity contribution is 5.05. The molecular formula is C8H13N3O. The molecule has 1 aromatic rings. The minimum absolute atomic E-state index is 0.172. The second-order valence-corrected chi connectivity index (χ2v) is 2.94. The van der Waals surface area contributed by atoms with Gasteiger partial charge in [0.15, 0.2) is 0 Å². The van der Waals surface area contributed by atoms with Crippen LogP contribution in [-0.2, 0) is 11.8 Å². The van der Waals surface area contributed by atoms with E-state index in [9.17, 15) is 0 Å². The van der Waals surface area contributed by atoms with Crippen molar-refractivity contribution < 1.29 is 4.74 Å². The molecule has 0 amide bonds. The molecule has 0 bridgehead atoms. The lowest BCUT2D eigenvalue weighted by atomic mass is 10.2. The first-order valence-electron chi connectivity index (χ1n) is 4.18. The Hall–Kier alpha value is -0.870. The number of morpholine rings is 1. The summed E-state index contributed by atoms with van der Waals surface area (Å²) < 4.78 is 7.44. The number of hydrogen-bond acceptors (Lipinski definition) is 3. The smallest absolute Gasteiger partial charge is 0.112 e. The van der Waals surface area contributed by atoms with Crippen LogP contribution < -0.4 is 5.32 Å². The molecule has 4 heteroatoms. The number of rotatable bonds is 1. The van der Waals surface area contributed by atoms with Gasteiger partial charge in [0.05, 0.1) is 12.3 Å². The molecule has 1 unspecified atom stereocenters. The van der Waals surface area contributed by atoms with Gasteiger partial charge in [0, 0.05) is 26.3 Å². The Morgan fingerprint density at radius 1 is 1.75 bits per heavy atom. The minimum Gasteiger partial charge on any atom is -0.369 e. The Morgan fingerprint density at radius 2 is 2.67 bits per heavy atom. The van der Waals surface area contributed by atoms with E-state index in [0.29, 0.717) is 0 Å². The molecule has 12 heavy (non-hydrogen) atoms. The highest BCUT2D eigenvalue weighted by atomic mass is 16.5. The summed E-state index contributed by atoms with van der Waals surface area (Å²) in [6.45, 7) is 2.63. The summed E-state index contributed by atoms with van der Waals surface area (Å²) in [5.41, 5.74) is 1.14. The van der Waals surface area contributed by atoms with E-state index in [1.165, 1.54) is 0 Å². The topological polar surface area (TPSA) is 39.1 Å². The fourth-order valence-electron chi connectivity index (χ4n) is 1.46. The van der Waals surface area contributed by atoms with Gasteiger partial charge in [0.1, 0.15) is 6.10 Å². The van der Waals surface area contributed by atoms with Gasteiger partial charge < -0.3 is 10.1 Å². The number of hydrogen-bond donors (Lipinski definition) is 1. The van der Waals surface area contributed by atoms with Gasteiger partial charge in [-0.1, -0.05) is 0 Å². The average molecular weight is 167 g/mol. The van der Waals surface area contributed by atoms with Crippen molar-refractivity contribution in [2.75, 3.05) is 19.7 Å². The van der Waals surface area contributed by atoms with E-state index in [0.717, 1.165) is 25.4 Å². The summed E-state index contributed by atoms with van der Waals surface area (Å²) in [5.74, 6) is 0. The molecule has 0 radical (unpaired) electrons. The van der Waals surface area contributed by atoms with Crippen molar-refractivity contribution in [2.45, 2.75) is 6.10 Å². The van der Waals surface area contributed by atoms with E-state index in [1.807, 2.05) is 17.8 Å². The molecule has 0 aromatic carbocycles. The van der Waals surface area contributed by atoms with Crippen molar-refractivity contribution in [3.05, 3.63) is 18.0 Å². The molecule has 1 aliphatic rings. The fraction of sp³-hybridized carbons (Fsp3) is 0.625. The number of aryl methyl sites for hydroxylation is 1. The summed E-state index contributed by atoms with van der Waals surface area (Å²) in [6.07, 6.45) is 1.97. The van der Waals surface area contributed by atoms with Crippen LogP contribution in [0.2, 0.25) is 0 Å². The fourth-order valence-corrected chi connectivity index (χ4v) is 1.46. The molecule has 1 fully saturated rings. The van der Waals surface area contributed by atoms with Gasteiger partial charge >= 0.3 is 0 Å². The lowest BCUT2D eigenvalue weighted by Gasteiger charge is -2.23. The average Bonchev–Trinajstić information content (AvgIpc) is 2.53. The predicted octanol–water partition coefficient (Wildman–Crippen LogP) is 0.0810. The van der Waals surface area contributed by atoms with Crippen LogP contribution in [0.4, 0.5) is 0 Å². The van der Waals surface area contributed by atoms with Crippen LogP contribution >= 0.6 is 0 Å². The summed E-state index contributed by atoms with van der Waals surface area (Å²) in [7, 11) is 1.94. The zero-order valence-electron chi connectivity index (χ0n) is 7.16. The third kappa shape index (κ3) is 1.35. The van der Waals surface area contributed by atoms with Gasteiger partial charge in [-0.15, -0.1) is 0 Å². The Morgan fingerprint density at radius 3 is 3.25 bits per heavy atom. The largest absolute Gasteiger partial charge is 0.369 e. The molecule has 0 saturated carbocycles. The van der Waals surface area contributed by atoms with Crippen LogP contribution in [0.15, 0.2) is 12.3 Å². The molecule has 2 heterocycles. The van der Waals surface area contributed by atoms with Crippen molar-refractivity contribution in [3.63, 3.8) is 0 Å². The van der Waals surface area contributed by atoms with Gasteiger partial charge in [-0.2, -0.15) is 5.10 Å². The first kappa shape index (κ1) is 7.76. The lowest BCUT2D eigenvalue weighted by Crippen LogP contribution is -2.34. The molecule has 4 nitrogen and oxygen atoms in total. The van der Waals surface area contributed by atoms with E-state index < -0.39 is 0 Å². The highest BCUT2D eigenvalue weighted by Gasteiger charge is 2.17. The van der Waals surface area contributed by atoms with Crippen molar-refractivity contribution in [2.24, 2.45) is 7.05 Å². The molecule has 1 atom stereocenters. The zero-order chi connectivity index (χ0) is 8.39. The maximum Gasteiger partial charge on any atom is 0.112 e. The van der Waals surface area contributed by atoms with Crippen molar-refractivity contribution >= 4 is 0 Å². The predicted molar refractivity (Wildman–Crippen MR) is 44.8 cm³/mol. The first-order chi connectivity index (χ1) is 5.88. The number of ether oxygens (including phenoxy) is 1. The Labute approximate surface area is 71.5 Å². The molecule has 1 N–H and O–H groups in total. The SMILES string of the molecule is Cn1nccc1C1CNCCO1. The number of aromatic nitrogens is 2. The molecule has 1 aromatic heterocycles. The lowest BCUT2D eigenvalue weighted by molar-refractivity contribution is 0.0227. The Balaban J connectivity index is 2.13. The summed E-state index contributed by atoms with van der Waals surface area (Å²) >= 11 is 0. The number of nitrogens with zero attached hydrogens (tertiary/aromatic N) is 2. The van der Waals surface area contributed by atoms with Crippen molar-refractivity contribution in [1.82, 2.24) is 15.1 Å². The van der Waals surface area contributed by atoms with E-state index in [-0.39, 0.29) is 6.10 Å². The van der Waals surface area contributed by atoms with E-state index >= 15 is 0 Å². The second-order valence-electron chi connectivity index (χ2n) is 2.94. The van der Waals surface area contributed by atoms with E-state index in [4.69, 9.17) is 4.74 Å². The normalized spacial score (nSPS) is 24.2. The van der Waals surface area contributed by atoms with E-state index in [1.54, 1.807) is 6.20 Å². The molecule has 2 rings (SSSR count). The molecule has 66 valence electrons. The maximum atomic E-state index is 5.58. The third-order valence-corrected chi connectivity index (χ3v) is 2.12. The van der Waals surface area contributed by atoms with Crippen LogP contribution in [0.3, 0.4) is 0 Å². The zero-order valence-corrected chi connectivity index (χ0v) is 7.16. The van der Waals surface area contributed by atoms with Crippen molar-refractivity contribution in [3.8, 4) is 0 Å². The summed E-state index contributed by atoms with van der Waals surface area (Å²) in [6, 6.07) is 2.00. The second kappa shape index (κ2) is 3.25. The number of nitrogens with one attached hydrogen (secondary N) is 1. The minimum atomic E-state index is 0.172. The summed E-state index contributed by atoms with van der Waals surface area (Å²) in [5, 5.41) is 7.38. The first-order valence-corrected chi connectivity index (χ1v) is 4.18. The van der Waals surface area contributed by atoms with Gasteiger partial charge in [-0.3, -0.25) is 4.68 Å². The van der Waals surface area contributed by atoms with Crippen LogP contribution in [-0.4, -0.2) is 29.5 Å². The maximum absolute atomic E-state index is 5.58. The standard InChI is InChI=1S/C8H13N3O/c1-11-7(2-3-10-11)8-6-9-4-5-12-8/h2-3,8-9H,4-6H2,1H3. The molecule has 0 aliphatic carbocycles. The quantitative estimate of drug-likeness (QED) is 0.644. The molecular weight excluding hydrogens is 154 g/mol. The van der Waals surface area contributed by atoms with Gasteiger partial charge in [-0.05, 0) is 6.07 Å². The van der Waals surface area contributed by atoms with Crippen LogP contribution in [0.25, 0.3) is 0 Å². The molecule has 1 aliphatic heterocycles. The van der Waals surface area contributed by atoms with Gasteiger partial charge in [-0.25, -0.2) is 0 Å². The van der Waals surface area contributed by atoms with Crippen LogP contribution in [0.1, 0.15) is 11.8 Å². The van der Waals surface area contributed by atoms with Crippen LogP contribution in [0.5, 0.6) is 0 Å². The monoisotopic (exact) mass is 167 g/mol. The Bertz CT molecular complexity index is 253. The van der Waals surface area contributed by atoms with E-state index in [2.05, 4.69) is 10.4 Å².